The van der Waals surface area contributed by atoms with Gasteiger partial charge in [0.2, 0.25) is 0 Å². The molecule has 5 aromatic rings. The molecule has 0 unspecified atom stereocenters. The molecule has 1 N–H and O–H groups in total. The third-order valence-electron chi connectivity index (χ3n) is 7.02. The Balaban J connectivity index is 1.27. The second-order valence-electron chi connectivity index (χ2n) is 9.78. The summed E-state index contributed by atoms with van der Waals surface area (Å²) in [6.45, 7) is 0.839. The third-order valence-corrected chi connectivity index (χ3v) is 7.25. The van der Waals surface area contributed by atoms with Crippen molar-refractivity contribution in [2.45, 2.75) is 32.1 Å². The molecule has 6 rings (SSSR count). The van der Waals surface area contributed by atoms with Crippen LogP contribution >= 0.6 is 11.6 Å². The molecule has 3 aromatic carbocycles. The Bertz CT molecular complexity index is 1830. The third kappa shape index (κ3) is 5.65. The van der Waals surface area contributed by atoms with Gasteiger partial charge >= 0.3 is 12.0 Å². The summed E-state index contributed by atoms with van der Waals surface area (Å²) in [6, 6.07) is 12.1. The van der Waals surface area contributed by atoms with Gasteiger partial charge in [-0.05, 0) is 60.5 Å². The fraction of sp³-hybridized carbons (Fsp3) is 0.200. The standard InChI is InChI=1S/C30H22ClF3N4O4/c31-19-3-1-17(22(32)12-19)15-42-30-35-7-5-25(37-30)21-13-23(33)18(9-24(21)34)11-28-36-26-4-2-16(29(39)40)10-27(26)38(28)14-20-6-8-41-20/h1-5,7,9-10,12-13,20H,6,8,11,14-15H2,(H,39,40)/t20-/m0/s1. The van der Waals surface area contributed by atoms with Crippen molar-refractivity contribution in [3.63, 3.8) is 0 Å². The second kappa shape index (κ2) is 11.4. The molecule has 0 amide bonds. The van der Waals surface area contributed by atoms with Gasteiger partial charge in [0.05, 0.1) is 34.9 Å². The number of hydrogen-bond acceptors (Lipinski definition) is 6. The maximum absolute atomic E-state index is 15.4. The summed E-state index contributed by atoms with van der Waals surface area (Å²) in [5, 5.41) is 9.68. The number of carbonyl (C=O) groups is 1. The largest absolute Gasteiger partial charge is 0.478 e. The first kappa shape index (κ1) is 27.7. The van der Waals surface area contributed by atoms with E-state index in [0.29, 0.717) is 30.0 Å². The lowest BCUT2D eigenvalue weighted by Gasteiger charge is -2.27. The van der Waals surface area contributed by atoms with E-state index in [4.69, 9.17) is 21.1 Å². The van der Waals surface area contributed by atoms with Crippen LogP contribution in [0.4, 0.5) is 13.2 Å². The van der Waals surface area contributed by atoms with Crippen LogP contribution < -0.4 is 4.74 Å². The predicted octanol–water partition coefficient (Wildman–Crippen LogP) is 6.22. The van der Waals surface area contributed by atoms with Gasteiger partial charge < -0.3 is 19.1 Å². The van der Waals surface area contributed by atoms with E-state index in [-0.39, 0.29) is 58.1 Å². The van der Waals surface area contributed by atoms with E-state index < -0.39 is 23.4 Å². The molecule has 1 aliphatic rings. The summed E-state index contributed by atoms with van der Waals surface area (Å²) in [5.74, 6) is -2.59. The van der Waals surface area contributed by atoms with Crippen LogP contribution in [0.3, 0.4) is 0 Å². The molecule has 0 spiro atoms. The van der Waals surface area contributed by atoms with Gasteiger partial charge in [-0.1, -0.05) is 17.7 Å². The van der Waals surface area contributed by atoms with Gasteiger partial charge in [-0.2, -0.15) is 4.98 Å². The van der Waals surface area contributed by atoms with Crippen LogP contribution in [0.5, 0.6) is 6.01 Å². The van der Waals surface area contributed by atoms with Crippen LogP contribution in [0.25, 0.3) is 22.3 Å². The molecule has 8 nitrogen and oxygen atoms in total. The van der Waals surface area contributed by atoms with Gasteiger partial charge in [-0.3, -0.25) is 0 Å². The molecule has 42 heavy (non-hydrogen) atoms. The van der Waals surface area contributed by atoms with Crippen molar-refractivity contribution in [3.8, 4) is 17.3 Å². The van der Waals surface area contributed by atoms with E-state index in [1.807, 2.05) is 0 Å². The highest BCUT2D eigenvalue weighted by atomic mass is 35.5. The number of benzene rings is 3. The Kier molecular flexibility index (Phi) is 7.53. The van der Waals surface area contributed by atoms with E-state index in [2.05, 4.69) is 15.0 Å². The van der Waals surface area contributed by atoms with Crippen LogP contribution in [0, 0.1) is 17.5 Å². The summed E-state index contributed by atoms with van der Waals surface area (Å²) in [7, 11) is 0. The lowest BCUT2D eigenvalue weighted by atomic mass is 10.0. The molecule has 3 heterocycles. The van der Waals surface area contributed by atoms with Gasteiger partial charge in [-0.15, -0.1) is 0 Å². The maximum Gasteiger partial charge on any atom is 0.335 e. The van der Waals surface area contributed by atoms with Crippen molar-refractivity contribution in [1.82, 2.24) is 19.5 Å². The molecule has 1 fully saturated rings. The Morgan fingerprint density at radius 1 is 1.02 bits per heavy atom. The van der Waals surface area contributed by atoms with Crippen molar-refractivity contribution >= 4 is 28.6 Å². The zero-order chi connectivity index (χ0) is 29.4. The average Bonchev–Trinajstić information content (AvgIpc) is 3.28. The lowest BCUT2D eigenvalue weighted by Crippen LogP contribution is -2.31. The zero-order valence-electron chi connectivity index (χ0n) is 21.9. The Morgan fingerprint density at radius 2 is 1.83 bits per heavy atom. The molecule has 12 heteroatoms. The van der Waals surface area contributed by atoms with Crippen molar-refractivity contribution in [3.05, 3.63) is 106 Å². The number of carboxylic acid groups (broad SMARTS) is 1. The quantitative estimate of drug-likeness (QED) is 0.216. The summed E-state index contributed by atoms with van der Waals surface area (Å²) in [5.41, 5.74) is 1.47. The predicted molar refractivity (Wildman–Crippen MR) is 147 cm³/mol. The molecule has 1 atom stereocenters. The molecule has 2 aromatic heterocycles. The van der Waals surface area contributed by atoms with Gasteiger partial charge in [0, 0.05) is 35.4 Å². The van der Waals surface area contributed by atoms with E-state index in [0.717, 1.165) is 24.6 Å². The number of carboxylic acids is 1. The lowest BCUT2D eigenvalue weighted by molar-refractivity contribution is -0.0589. The highest BCUT2D eigenvalue weighted by Crippen LogP contribution is 2.29. The molecule has 0 bridgehead atoms. The highest BCUT2D eigenvalue weighted by Gasteiger charge is 2.24. The average molecular weight is 595 g/mol. The van der Waals surface area contributed by atoms with Crippen LogP contribution in [-0.2, 0) is 24.3 Å². The minimum absolute atomic E-state index is 0.0440. The molecule has 0 aliphatic carbocycles. The maximum atomic E-state index is 15.4. The van der Waals surface area contributed by atoms with E-state index in [1.54, 1.807) is 10.6 Å². The number of halogens is 4. The van der Waals surface area contributed by atoms with Crippen molar-refractivity contribution in [2.75, 3.05) is 6.61 Å². The Hall–Kier alpha value is -4.48. The number of ether oxygens (including phenoxy) is 2. The number of aromatic carboxylic acids is 1. The zero-order valence-corrected chi connectivity index (χ0v) is 22.6. The number of imidazole rings is 1. The van der Waals surface area contributed by atoms with E-state index >= 15 is 8.78 Å². The first-order valence-corrected chi connectivity index (χ1v) is 13.3. The number of fused-ring (bicyclic) bond motifs is 1. The Morgan fingerprint density at radius 3 is 2.57 bits per heavy atom. The van der Waals surface area contributed by atoms with Crippen molar-refractivity contribution in [1.29, 1.82) is 0 Å². The SMILES string of the molecule is O=C(O)c1ccc2nc(Cc3cc(F)c(-c4ccnc(OCc5ccc(Cl)cc5F)n4)cc3F)n(C[C@@H]3CCO3)c2c1. The van der Waals surface area contributed by atoms with E-state index in [9.17, 15) is 14.3 Å². The molecule has 0 saturated carbocycles. The number of hydrogen-bond donors (Lipinski definition) is 1. The minimum atomic E-state index is -1.08. The van der Waals surface area contributed by atoms with Crippen molar-refractivity contribution in [2.24, 2.45) is 0 Å². The highest BCUT2D eigenvalue weighted by molar-refractivity contribution is 6.30. The summed E-state index contributed by atoms with van der Waals surface area (Å²) in [6.07, 6.45) is 2.04. The van der Waals surface area contributed by atoms with Gasteiger partial charge in [0.1, 0.15) is 29.9 Å². The minimum Gasteiger partial charge on any atom is -0.478 e. The first-order valence-electron chi connectivity index (χ1n) is 13.0. The normalized spacial score (nSPS) is 14.6. The van der Waals surface area contributed by atoms with Gasteiger partial charge in [0.15, 0.2) is 0 Å². The van der Waals surface area contributed by atoms with Gasteiger partial charge in [-0.25, -0.2) is 27.9 Å². The second-order valence-corrected chi connectivity index (χ2v) is 10.2. The first-order chi connectivity index (χ1) is 20.2. The molecule has 1 saturated heterocycles. The topological polar surface area (TPSA) is 99.4 Å². The molecule has 1 aliphatic heterocycles. The molecule has 0 radical (unpaired) electrons. The molecular weight excluding hydrogens is 573 g/mol. The number of rotatable bonds is 9. The monoisotopic (exact) mass is 594 g/mol. The number of nitrogens with zero attached hydrogens (tertiary/aromatic N) is 4. The molecule has 214 valence electrons. The summed E-state index contributed by atoms with van der Waals surface area (Å²) < 4.78 is 57.7. The fourth-order valence-electron chi connectivity index (χ4n) is 4.71. The van der Waals surface area contributed by atoms with Crippen LogP contribution in [-0.4, -0.2) is 43.3 Å². The summed E-state index contributed by atoms with van der Waals surface area (Å²) >= 11 is 5.78. The number of aromatic nitrogens is 4. The smallest absolute Gasteiger partial charge is 0.335 e. The van der Waals surface area contributed by atoms with Crippen LogP contribution in [0.1, 0.15) is 33.7 Å². The summed E-state index contributed by atoms with van der Waals surface area (Å²) in [4.78, 5) is 24.3. The molecular formula is C30H22ClF3N4O4. The van der Waals surface area contributed by atoms with Gasteiger partial charge in [0.25, 0.3) is 0 Å². The van der Waals surface area contributed by atoms with Crippen LogP contribution in [0.15, 0.2) is 60.8 Å². The van der Waals surface area contributed by atoms with Crippen LogP contribution in [0.2, 0.25) is 5.02 Å². The fourth-order valence-corrected chi connectivity index (χ4v) is 4.87. The van der Waals surface area contributed by atoms with Crippen molar-refractivity contribution < 1.29 is 32.5 Å². The Labute approximate surface area is 242 Å². The van der Waals surface area contributed by atoms with E-state index in [1.165, 1.54) is 36.5 Å².